The van der Waals surface area contributed by atoms with Crippen LogP contribution in [0, 0.1) is 0 Å². The number of ether oxygens (including phenoxy) is 1. The minimum Gasteiger partial charge on any atom is -0.391 e. The molecule has 1 saturated heterocycles. The molecule has 90 valence electrons. The van der Waals surface area contributed by atoms with Crippen LogP contribution in [0.5, 0.6) is 0 Å². The lowest BCUT2D eigenvalue weighted by molar-refractivity contribution is 0.00309. The third-order valence-electron chi connectivity index (χ3n) is 2.89. The average Bonchev–Trinajstić information content (AvgIpc) is 2.81. The van der Waals surface area contributed by atoms with Crippen molar-refractivity contribution in [2.24, 2.45) is 0 Å². The van der Waals surface area contributed by atoms with E-state index in [0.717, 1.165) is 16.0 Å². The summed E-state index contributed by atoms with van der Waals surface area (Å²) in [6.07, 6.45) is 1.82. The van der Waals surface area contributed by atoms with Gasteiger partial charge in [-0.3, -0.25) is 0 Å². The number of anilines is 1. The number of nitrogens with one attached hydrogen (secondary N) is 1. The molecule has 0 aromatic carbocycles. The zero-order valence-corrected chi connectivity index (χ0v) is 9.98. The van der Waals surface area contributed by atoms with Crippen molar-refractivity contribution in [3.63, 3.8) is 0 Å². The number of fused-ring (bicyclic) bond motifs is 1. The van der Waals surface area contributed by atoms with Gasteiger partial charge in [-0.1, -0.05) is 0 Å². The quantitative estimate of drug-likeness (QED) is 0.841. The van der Waals surface area contributed by atoms with E-state index in [0.29, 0.717) is 19.6 Å². The molecular formula is C11H13N3O2S. The molecule has 17 heavy (non-hydrogen) atoms. The number of aliphatic hydroxyl groups excluding tert-OH is 1. The van der Waals surface area contributed by atoms with E-state index in [-0.39, 0.29) is 12.1 Å². The minimum absolute atomic E-state index is 0.0936. The van der Waals surface area contributed by atoms with Crippen LogP contribution in [0.3, 0.4) is 0 Å². The molecular weight excluding hydrogens is 238 g/mol. The van der Waals surface area contributed by atoms with Crippen molar-refractivity contribution >= 4 is 27.4 Å². The van der Waals surface area contributed by atoms with Crippen LogP contribution >= 0.6 is 11.3 Å². The smallest absolute Gasteiger partial charge is 0.147 e. The van der Waals surface area contributed by atoms with E-state index >= 15 is 0 Å². The Kier molecular flexibility index (Phi) is 2.92. The number of thiophene rings is 1. The average molecular weight is 251 g/mol. The summed E-state index contributed by atoms with van der Waals surface area (Å²) in [5.74, 6) is 0.777. The van der Waals surface area contributed by atoms with Gasteiger partial charge in [0.1, 0.15) is 12.1 Å². The lowest BCUT2D eigenvalue weighted by Crippen LogP contribution is -2.42. The van der Waals surface area contributed by atoms with Crippen LogP contribution in [0.2, 0.25) is 0 Å². The fourth-order valence-corrected chi connectivity index (χ4v) is 2.73. The molecule has 1 fully saturated rings. The maximum absolute atomic E-state index is 9.87. The van der Waals surface area contributed by atoms with Gasteiger partial charge in [0.2, 0.25) is 0 Å². The van der Waals surface area contributed by atoms with Crippen molar-refractivity contribution in [2.75, 3.05) is 18.5 Å². The molecule has 2 aromatic heterocycles. The van der Waals surface area contributed by atoms with E-state index in [9.17, 15) is 5.11 Å². The highest BCUT2D eigenvalue weighted by Gasteiger charge is 2.24. The first kappa shape index (κ1) is 10.9. The zero-order chi connectivity index (χ0) is 11.7. The topological polar surface area (TPSA) is 67.3 Å². The van der Waals surface area contributed by atoms with Crippen LogP contribution in [0.1, 0.15) is 6.42 Å². The maximum Gasteiger partial charge on any atom is 0.147 e. The lowest BCUT2D eigenvalue weighted by atomic mass is 10.1. The Labute approximate surface area is 102 Å². The lowest BCUT2D eigenvalue weighted by Gasteiger charge is -2.28. The Morgan fingerprint density at radius 2 is 2.41 bits per heavy atom. The molecule has 0 spiro atoms. The van der Waals surface area contributed by atoms with Gasteiger partial charge >= 0.3 is 0 Å². The molecule has 5 nitrogen and oxygen atoms in total. The van der Waals surface area contributed by atoms with Gasteiger partial charge in [0.05, 0.1) is 29.0 Å². The van der Waals surface area contributed by atoms with Crippen LogP contribution in [-0.4, -0.2) is 40.4 Å². The fourth-order valence-electron chi connectivity index (χ4n) is 1.93. The van der Waals surface area contributed by atoms with Gasteiger partial charge in [-0.2, -0.15) is 0 Å². The molecule has 0 saturated carbocycles. The third kappa shape index (κ3) is 2.11. The summed E-state index contributed by atoms with van der Waals surface area (Å²) in [4.78, 5) is 8.41. The Morgan fingerprint density at radius 1 is 1.47 bits per heavy atom. The second-order valence-corrected chi connectivity index (χ2v) is 4.96. The van der Waals surface area contributed by atoms with Crippen molar-refractivity contribution in [2.45, 2.75) is 18.6 Å². The fraction of sp³-hybridized carbons (Fsp3) is 0.455. The summed E-state index contributed by atoms with van der Waals surface area (Å²) in [5, 5.41) is 15.1. The van der Waals surface area contributed by atoms with Crippen LogP contribution in [-0.2, 0) is 4.74 Å². The van der Waals surface area contributed by atoms with E-state index in [2.05, 4.69) is 15.3 Å². The third-order valence-corrected chi connectivity index (χ3v) is 3.80. The van der Waals surface area contributed by atoms with Crippen molar-refractivity contribution in [1.29, 1.82) is 0 Å². The Morgan fingerprint density at radius 3 is 3.29 bits per heavy atom. The van der Waals surface area contributed by atoms with Gasteiger partial charge in [0.25, 0.3) is 0 Å². The van der Waals surface area contributed by atoms with E-state index in [1.165, 1.54) is 6.33 Å². The number of hydrogen-bond donors (Lipinski definition) is 2. The molecule has 2 N–H and O–H groups in total. The SMILES string of the molecule is O[C@@H]1CCOC[C@H]1Nc1ncnc2ccsc12. The standard InChI is InChI=1S/C11H13N3O2S/c15-9-1-3-16-5-8(9)14-11-10-7(2-4-17-10)12-6-13-11/h2,4,6,8-9,15H,1,3,5H2,(H,12,13,14)/t8-,9-/m1/s1. The van der Waals surface area contributed by atoms with E-state index < -0.39 is 0 Å². The number of aliphatic hydroxyl groups is 1. The summed E-state index contributed by atoms with van der Waals surface area (Å²) in [7, 11) is 0. The molecule has 1 aliphatic heterocycles. The molecule has 3 rings (SSSR count). The number of aromatic nitrogens is 2. The van der Waals surface area contributed by atoms with Gasteiger partial charge in [-0.05, 0) is 17.9 Å². The van der Waals surface area contributed by atoms with Crippen molar-refractivity contribution in [1.82, 2.24) is 9.97 Å². The van der Waals surface area contributed by atoms with E-state index in [4.69, 9.17) is 4.74 Å². The van der Waals surface area contributed by atoms with Crippen LogP contribution in [0.15, 0.2) is 17.8 Å². The van der Waals surface area contributed by atoms with Crippen LogP contribution in [0.4, 0.5) is 5.82 Å². The van der Waals surface area contributed by atoms with Gasteiger partial charge in [0.15, 0.2) is 0 Å². The molecule has 6 heteroatoms. The highest BCUT2D eigenvalue weighted by atomic mass is 32.1. The van der Waals surface area contributed by atoms with Gasteiger partial charge in [0, 0.05) is 6.61 Å². The number of hydrogen-bond acceptors (Lipinski definition) is 6. The monoisotopic (exact) mass is 251 g/mol. The van der Waals surface area contributed by atoms with E-state index in [1.807, 2.05) is 11.4 Å². The summed E-state index contributed by atoms with van der Waals surface area (Å²) in [5.41, 5.74) is 0.929. The first-order chi connectivity index (χ1) is 8.34. The zero-order valence-electron chi connectivity index (χ0n) is 9.17. The first-order valence-corrected chi connectivity index (χ1v) is 6.43. The second kappa shape index (κ2) is 4.56. The second-order valence-electron chi connectivity index (χ2n) is 4.04. The Hall–Kier alpha value is -1.24. The van der Waals surface area contributed by atoms with E-state index in [1.54, 1.807) is 11.3 Å². The van der Waals surface area contributed by atoms with Gasteiger partial charge in [-0.15, -0.1) is 11.3 Å². The van der Waals surface area contributed by atoms with Gasteiger partial charge < -0.3 is 15.2 Å². The summed E-state index contributed by atoms with van der Waals surface area (Å²) in [6, 6.07) is 1.87. The predicted octanol–water partition coefficient (Wildman–Crippen LogP) is 1.25. The summed E-state index contributed by atoms with van der Waals surface area (Å²) in [6.45, 7) is 1.13. The maximum atomic E-state index is 9.87. The molecule has 0 bridgehead atoms. The molecule has 2 aromatic rings. The van der Waals surface area contributed by atoms with Crippen molar-refractivity contribution in [3.8, 4) is 0 Å². The Bertz CT molecular complexity index is 516. The van der Waals surface area contributed by atoms with Gasteiger partial charge in [-0.25, -0.2) is 9.97 Å². The number of rotatable bonds is 2. The molecule has 0 radical (unpaired) electrons. The molecule has 0 unspecified atom stereocenters. The van der Waals surface area contributed by atoms with Crippen molar-refractivity contribution in [3.05, 3.63) is 17.8 Å². The van der Waals surface area contributed by atoms with Crippen molar-refractivity contribution < 1.29 is 9.84 Å². The summed E-state index contributed by atoms with van der Waals surface area (Å²) >= 11 is 1.59. The summed E-state index contributed by atoms with van der Waals surface area (Å²) < 4.78 is 6.37. The molecule has 0 amide bonds. The minimum atomic E-state index is -0.381. The van der Waals surface area contributed by atoms with Crippen LogP contribution in [0.25, 0.3) is 10.2 Å². The molecule has 3 heterocycles. The molecule has 2 atom stereocenters. The highest BCUT2D eigenvalue weighted by molar-refractivity contribution is 7.17. The van der Waals surface area contributed by atoms with Crippen LogP contribution < -0.4 is 5.32 Å². The Balaban J connectivity index is 1.86. The molecule has 1 aliphatic rings. The molecule has 0 aliphatic carbocycles. The largest absolute Gasteiger partial charge is 0.391 e. The highest BCUT2D eigenvalue weighted by Crippen LogP contribution is 2.26. The number of nitrogens with zero attached hydrogens (tertiary/aromatic N) is 2. The first-order valence-electron chi connectivity index (χ1n) is 5.55. The normalized spacial score (nSPS) is 25.0. The predicted molar refractivity (Wildman–Crippen MR) is 66.3 cm³/mol.